The normalized spacial score (nSPS) is 11.4. The molecule has 4 nitrogen and oxygen atoms in total. The smallest absolute Gasteiger partial charge is 0.266 e. The summed E-state index contributed by atoms with van der Waals surface area (Å²) in [6, 6.07) is 18.8. The molecule has 4 aromatic rings. The molecule has 0 atom stereocenters. The molecule has 0 saturated carbocycles. The van der Waals surface area contributed by atoms with Gasteiger partial charge in [0.15, 0.2) is 0 Å². The minimum absolute atomic E-state index is 0.121. The first-order valence-corrected chi connectivity index (χ1v) is 9.23. The highest BCUT2D eigenvalue weighted by atomic mass is 35.5. The average Bonchev–Trinajstić information content (AvgIpc) is 2.68. The van der Waals surface area contributed by atoms with Crippen molar-refractivity contribution in [2.24, 2.45) is 0 Å². The van der Waals surface area contributed by atoms with E-state index in [1.54, 1.807) is 60.7 Å². The van der Waals surface area contributed by atoms with Gasteiger partial charge in [-0.1, -0.05) is 41.4 Å². The molecule has 138 valence electrons. The zero-order valence-corrected chi connectivity index (χ0v) is 16.0. The van der Waals surface area contributed by atoms with E-state index in [2.05, 4.69) is 4.98 Å². The number of nitrogens with zero attached hydrogens (tertiary/aromatic N) is 2. The highest BCUT2D eigenvalue weighted by molar-refractivity contribution is 6.35. The summed E-state index contributed by atoms with van der Waals surface area (Å²) in [6.45, 7) is 0. The van der Waals surface area contributed by atoms with Crippen LogP contribution in [-0.4, -0.2) is 14.7 Å². The highest BCUT2D eigenvalue weighted by Crippen LogP contribution is 2.23. The molecule has 0 aliphatic carbocycles. The molecule has 3 aromatic carbocycles. The van der Waals surface area contributed by atoms with Gasteiger partial charge in [-0.05, 0) is 66.2 Å². The second-order valence-electron chi connectivity index (χ2n) is 6.14. The van der Waals surface area contributed by atoms with E-state index in [0.29, 0.717) is 32.5 Å². The van der Waals surface area contributed by atoms with Crippen molar-refractivity contribution in [3.63, 3.8) is 0 Å². The molecule has 0 bridgehead atoms. The van der Waals surface area contributed by atoms with Crippen LogP contribution in [0.25, 0.3) is 28.7 Å². The Morgan fingerprint density at radius 3 is 2.43 bits per heavy atom. The third-order valence-electron chi connectivity index (χ3n) is 4.28. The number of halogens is 2. The second-order valence-corrected chi connectivity index (χ2v) is 6.99. The SMILES string of the molecule is O=c1c2ccccc2nc(/C=C/c2ccc(Cl)cc2Cl)n1-c1ccc(O)cc1. The van der Waals surface area contributed by atoms with Crippen molar-refractivity contribution in [3.05, 3.63) is 98.5 Å². The molecule has 1 N–H and O–H groups in total. The Morgan fingerprint density at radius 1 is 0.929 bits per heavy atom. The van der Waals surface area contributed by atoms with E-state index in [-0.39, 0.29) is 11.3 Å². The number of aromatic hydroxyl groups is 1. The molecule has 1 heterocycles. The summed E-state index contributed by atoms with van der Waals surface area (Å²) < 4.78 is 1.50. The fourth-order valence-corrected chi connectivity index (χ4v) is 3.39. The van der Waals surface area contributed by atoms with E-state index in [1.807, 2.05) is 6.07 Å². The van der Waals surface area contributed by atoms with Gasteiger partial charge in [-0.3, -0.25) is 9.36 Å². The summed E-state index contributed by atoms with van der Waals surface area (Å²) in [5.41, 5.74) is 1.76. The first-order chi connectivity index (χ1) is 13.5. The monoisotopic (exact) mass is 408 g/mol. The Bertz CT molecular complexity index is 1260. The molecule has 0 amide bonds. The number of aromatic nitrogens is 2. The van der Waals surface area contributed by atoms with Crippen molar-refractivity contribution in [1.82, 2.24) is 9.55 Å². The lowest BCUT2D eigenvalue weighted by atomic mass is 10.2. The van der Waals surface area contributed by atoms with Crippen molar-refractivity contribution in [2.75, 3.05) is 0 Å². The lowest BCUT2D eigenvalue weighted by molar-refractivity contribution is 0.475. The zero-order chi connectivity index (χ0) is 19.7. The van der Waals surface area contributed by atoms with Crippen LogP contribution in [0, 0.1) is 0 Å². The molecule has 0 spiro atoms. The zero-order valence-electron chi connectivity index (χ0n) is 14.5. The summed E-state index contributed by atoms with van der Waals surface area (Å²) in [5, 5.41) is 11.1. The third-order valence-corrected chi connectivity index (χ3v) is 4.85. The van der Waals surface area contributed by atoms with Crippen LogP contribution in [0.1, 0.15) is 11.4 Å². The van der Waals surface area contributed by atoms with Gasteiger partial charge in [0.05, 0.1) is 16.6 Å². The molecule has 4 rings (SSSR count). The van der Waals surface area contributed by atoms with Crippen LogP contribution in [0.3, 0.4) is 0 Å². The van der Waals surface area contributed by atoms with Gasteiger partial charge < -0.3 is 5.11 Å². The average molecular weight is 409 g/mol. The fourth-order valence-electron chi connectivity index (χ4n) is 2.91. The quantitative estimate of drug-likeness (QED) is 0.482. The first kappa shape index (κ1) is 18.3. The molecule has 0 radical (unpaired) electrons. The molecule has 28 heavy (non-hydrogen) atoms. The molecule has 6 heteroatoms. The van der Waals surface area contributed by atoms with Crippen LogP contribution in [0.4, 0.5) is 0 Å². The van der Waals surface area contributed by atoms with Crippen LogP contribution >= 0.6 is 23.2 Å². The lowest BCUT2D eigenvalue weighted by Crippen LogP contribution is -2.22. The van der Waals surface area contributed by atoms with Crippen LogP contribution in [0.2, 0.25) is 10.0 Å². The first-order valence-electron chi connectivity index (χ1n) is 8.47. The predicted octanol–water partition coefficient (Wildman–Crippen LogP) is 5.57. The molecule has 0 saturated heterocycles. The standard InChI is InChI=1S/C22H14Cl2N2O2/c23-15-7-5-14(19(24)13-15)6-12-21-25-20-4-2-1-3-18(20)22(28)26(21)16-8-10-17(27)11-9-16/h1-13,27H/b12-6+. The maximum atomic E-state index is 13.1. The van der Waals surface area contributed by atoms with Gasteiger partial charge >= 0.3 is 0 Å². The van der Waals surface area contributed by atoms with Crippen LogP contribution < -0.4 is 5.56 Å². The summed E-state index contributed by atoms with van der Waals surface area (Å²) in [6.07, 6.45) is 3.52. The largest absolute Gasteiger partial charge is 0.508 e. The Kier molecular flexibility index (Phi) is 4.90. The minimum Gasteiger partial charge on any atom is -0.508 e. The number of para-hydroxylation sites is 1. The van der Waals surface area contributed by atoms with E-state index >= 15 is 0 Å². The molecule has 0 aliphatic heterocycles. The number of hydrogen-bond acceptors (Lipinski definition) is 3. The van der Waals surface area contributed by atoms with Crippen LogP contribution in [0.5, 0.6) is 5.75 Å². The number of phenolic OH excluding ortho intramolecular Hbond substituents is 1. The molecular formula is C22H14Cl2N2O2. The molecule has 0 unspecified atom stereocenters. The summed E-state index contributed by atoms with van der Waals surface area (Å²) in [4.78, 5) is 17.8. The van der Waals surface area contributed by atoms with E-state index in [4.69, 9.17) is 23.2 Å². The Labute approximate surface area is 170 Å². The van der Waals surface area contributed by atoms with Crippen molar-refractivity contribution in [1.29, 1.82) is 0 Å². The molecule has 0 aliphatic rings. The van der Waals surface area contributed by atoms with Crippen LogP contribution in [0.15, 0.2) is 71.5 Å². The van der Waals surface area contributed by atoms with Gasteiger partial charge in [0.25, 0.3) is 5.56 Å². The van der Waals surface area contributed by atoms with Gasteiger partial charge in [-0.15, -0.1) is 0 Å². The summed E-state index contributed by atoms with van der Waals surface area (Å²) in [5.74, 6) is 0.566. The van der Waals surface area contributed by atoms with Crippen molar-refractivity contribution < 1.29 is 5.11 Å². The summed E-state index contributed by atoms with van der Waals surface area (Å²) >= 11 is 12.2. The van der Waals surface area contributed by atoms with Gasteiger partial charge in [0.2, 0.25) is 0 Å². The fraction of sp³-hybridized carbons (Fsp3) is 0. The van der Waals surface area contributed by atoms with E-state index < -0.39 is 0 Å². The molecular weight excluding hydrogens is 395 g/mol. The Morgan fingerprint density at radius 2 is 1.68 bits per heavy atom. The van der Waals surface area contributed by atoms with E-state index in [1.165, 1.54) is 16.7 Å². The summed E-state index contributed by atoms with van der Waals surface area (Å²) in [7, 11) is 0. The van der Waals surface area contributed by atoms with Crippen molar-refractivity contribution in [3.8, 4) is 11.4 Å². The Hall–Kier alpha value is -3.08. The van der Waals surface area contributed by atoms with Crippen molar-refractivity contribution >= 4 is 46.3 Å². The lowest BCUT2D eigenvalue weighted by Gasteiger charge is -2.11. The second kappa shape index (κ2) is 7.50. The van der Waals surface area contributed by atoms with Crippen LogP contribution in [-0.2, 0) is 0 Å². The van der Waals surface area contributed by atoms with Gasteiger partial charge in [-0.25, -0.2) is 4.98 Å². The van der Waals surface area contributed by atoms with E-state index in [0.717, 1.165) is 5.56 Å². The molecule has 0 fully saturated rings. The molecule has 1 aromatic heterocycles. The number of benzene rings is 3. The number of rotatable bonds is 3. The minimum atomic E-state index is -0.196. The third kappa shape index (κ3) is 3.52. The Balaban J connectivity index is 1.93. The number of phenols is 1. The van der Waals surface area contributed by atoms with Gasteiger partial charge in [-0.2, -0.15) is 0 Å². The van der Waals surface area contributed by atoms with Gasteiger partial charge in [0, 0.05) is 10.0 Å². The van der Waals surface area contributed by atoms with Crippen molar-refractivity contribution in [2.45, 2.75) is 0 Å². The number of fused-ring (bicyclic) bond motifs is 1. The highest BCUT2D eigenvalue weighted by Gasteiger charge is 2.11. The topological polar surface area (TPSA) is 55.1 Å². The maximum absolute atomic E-state index is 13.1. The van der Waals surface area contributed by atoms with Gasteiger partial charge in [0.1, 0.15) is 11.6 Å². The van der Waals surface area contributed by atoms with E-state index in [9.17, 15) is 9.90 Å². The predicted molar refractivity (Wildman–Crippen MR) is 114 cm³/mol. The maximum Gasteiger partial charge on any atom is 0.266 e. The number of hydrogen-bond donors (Lipinski definition) is 1.